The molecule has 3 rings (SSSR count). The Morgan fingerprint density at radius 3 is 2.68 bits per heavy atom. The van der Waals surface area contributed by atoms with Gasteiger partial charge in [-0.05, 0) is 12.5 Å². The molecular weight excluding hydrogens is 296 g/mol. The number of hydrogen-bond acceptors (Lipinski definition) is 5. The van der Waals surface area contributed by atoms with E-state index in [0.29, 0.717) is 5.13 Å². The van der Waals surface area contributed by atoms with E-state index in [-0.39, 0.29) is 11.5 Å². The smallest absolute Gasteiger partial charge is 0.264 e. The molecule has 5 nitrogen and oxygen atoms in total. The molecule has 1 atom stereocenters. The lowest BCUT2D eigenvalue weighted by molar-refractivity contribution is 0.713. The summed E-state index contributed by atoms with van der Waals surface area (Å²) in [7, 11) is 0. The van der Waals surface area contributed by atoms with Crippen LogP contribution in [0.25, 0.3) is 11.3 Å². The summed E-state index contributed by atoms with van der Waals surface area (Å²) in [6.45, 7) is 2.07. The van der Waals surface area contributed by atoms with Crippen LogP contribution in [0.4, 0.5) is 5.13 Å². The molecule has 0 saturated carbocycles. The number of nitrogens with one attached hydrogen (secondary N) is 1. The highest BCUT2D eigenvalue weighted by Crippen LogP contribution is 2.33. The molecule has 3 aromatic rings. The van der Waals surface area contributed by atoms with E-state index in [1.807, 2.05) is 30.3 Å². The third kappa shape index (κ3) is 3.07. The summed E-state index contributed by atoms with van der Waals surface area (Å²) in [4.78, 5) is 16.7. The normalized spacial score (nSPS) is 12.2. The van der Waals surface area contributed by atoms with Crippen LogP contribution in [0.15, 0.2) is 47.3 Å². The largest absolute Gasteiger partial charge is 0.375 e. The van der Waals surface area contributed by atoms with Crippen LogP contribution in [-0.4, -0.2) is 15.2 Å². The van der Waals surface area contributed by atoms with Gasteiger partial charge in [-0.2, -0.15) is 5.10 Å². The molecule has 22 heavy (non-hydrogen) atoms. The third-order valence-corrected chi connectivity index (χ3v) is 4.37. The van der Waals surface area contributed by atoms with Crippen molar-refractivity contribution in [1.29, 1.82) is 0 Å². The van der Waals surface area contributed by atoms with Crippen molar-refractivity contribution >= 4 is 16.5 Å². The molecule has 0 amide bonds. The van der Waals surface area contributed by atoms with E-state index in [4.69, 9.17) is 5.73 Å². The van der Waals surface area contributed by atoms with Gasteiger partial charge < -0.3 is 5.73 Å². The molecule has 1 unspecified atom stereocenters. The summed E-state index contributed by atoms with van der Waals surface area (Å²) in [6.07, 6.45) is 0.776. The molecule has 0 aliphatic heterocycles. The Balaban J connectivity index is 1.89. The molecule has 0 aliphatic rings. The first kappa shape index (κ1) is 14.5. The maximum absolute atomic E-state index is 11.1. The Bertz CT molecular complexity index is 805. The number of aromatic amines is 1. The van der Waals surface area contributed by atoms with Gasteiger partial charge >= 0.3 is 0 Å². The molecule has 6 heteroatoms. The number of nitrogen functional groups attached to an aromatic ring is 1. The van der Waals surface area contributed by atoms with Crippen LogP contribution in [-0.2, 0) is 6.42 Å². The first-order valence-electron chi connectivity index (χ1n) is 6.99. The van der Waals surface area contributed by atoms with Crippen LogP contribution in [0, 0.1) is 0 Å². The van der Waals surface area contributed by atoms with Crippen LogP contribution in [0.5, 0.6) is 0 Å². The van der Waals surface area contributed by atoms with Crippen molar-refractivity contribution in [2.24, 2.45) is 0 Å². The lowest BCUT2D eigenvalue weighted by atomic mass is 10.00. The van der Waals surface area contributed by atoms with E-state index in [1.165, 1.54) is 17.4 Å². The fourth-order valence-electron chi connectivity index (χ4n) is 2.34. The van der Waals surface area contributed by atoms with E-state index in [1.54, 1.807) is 6.07 Å². The highest BCUT2D eigenvalue weighted by Gasteiger charge is 2.16. The summed E-state index contributed by atoms with van der Waals surface area (Å²) in [5.41, 5.74) is 8.55. The second-order valence-electron chi connectivity index (χ2n) is 5.14. The van der Waals surface area contributed by atoms with Gasteiger partial charge in [0.2, 0.25) is 0 Å². The molecule has 1 aromatic carbocycles. The number of rotatable bonds is 4. The van der Waals surface area contributed by atoms with Crippen LogP contribution >= 0.6 is 11.3 Å². The summed E-state index contributed by atoms with van der Waals surface area (Å²) in [5, 5.41) is 7.14. The lowest BCUT2D eigenvalue weighted by Gasteiger charge is -2.10. The zero-order chi connectivity index (χ0) is 15.5. The van der Waals surface area contributed by atoms with Gasteiger partial charge in [-0.15, -0.1) is 11.3 Å². The molecule has 0 radical (unpaired) electrons. The highest BCUT2D eigenvalue weighted by molar-refractivity contribution is 7.15. The monoisotopic (exact) mass is 312 g/mol. The highest BCUT2D eigenvalue weighted by atomic mass is 32.1. The zero-order valence-corrected chi connectivity index (χ0v) is 12.9. The van der Waals surface area contributed by atoms with Crippen molar-refractivity contribution in [3.05, 3.63) is 63.4 Å². The standard InChI is InChI=1S/C16H16N4OS/c1-10(12-7-8-14(21)20-19-12)9-13-15(18-16(17)22-13)11-5-3-2-4-6-11/h2-8,10H,9H2,1H3,(H2,17,18)(H,20,21). The molecule has 2 heterocycles. The number of anilines is 1. The first-order chi connectivity index (χ1) is 10.6. The number of thiazole rings is 1. The molecular formula is C16H16N4OS. The van der Waals surface area contributed by atoms with Gasteiger partial charge in [-0.3, -0.25) is 4.79 Å². The van der Waals surface area contributed by atoms with E-state index in [0.717, 1.165) is 28.2 Å². The second kappa shape index (κ2) is 6.11. The molecule has 0 spiro atoms. The van der Waals surface area contributed by atoms with Crippen molar-refractivity contribution in [3.63, 3.8) is 0 Å². The Morgan fingerprint density at radius 2 is 2.00 bits per heavy atom. The van der Waals surface area contributed by atoms with Gasteiger partial charge in [0.15, 0.2) is 5.13 Å². The predicted octanol–water partition coefficient (Wildman–Crippen LogP) is 2.82. The Labute approximate surface area is 131 Å². The number of nitrogens with zero attached hydrogens (tertiary/aromatic N) is 2. The van der Waals surface area contributed by atoms with Gasteiger partial charge in [-0.25, -0.2) is 10.1 Å². The van der Waals surface area contributed by atoms with Gasteiger partial charge in [0.25, 0.3) is 5.56 Å². The minimum atomic E-state index is -0.192. The minimum Gasteiger partial charge on any atom is -0.375 e. The van der Waals surface area contributed by atoms with E-state index in [2.05, 4.69) is 22.1 Å². The van der Waals surface area contributed by atoms with E-state index >= 15 is 0 Å². The van der Waals surface area contributed by atoms with Gasteiger partial charge in [0.1, 0.15) is 0 Å². The second-order valence-corrected chi connectivity index (χ2v) is 6.26. The lowest BCUT2D eigenvalue weighted by Crippen LogP contribution is -2.10. The van der Waals surface area contributed by atoms with Crippen molar-refractivity contribution in [2.75, 3.05) is 5.73 Å². The molecule has 0 fully saturated rings. The quantitative estimate of drug-likeness (QED) is 0.776. The van der Waals surface area contributed by atoms with Crippen LogP contribution in [0.1, 0.15) is 23.4 Å². The number of benzene rings is 1. The maximum Gasteiger partial charge on any atom is 0.264 e. The molecule has 112 valence electrons. The molecule has 0 bridgehead atoms. The first-order valence-corrected chi connectivity index (χ1v) is 7.81. The summed E-state index contributed by atoms with van der Waals surface area (Å²) >= 11 is 1.50. The summed E-state index contributed by atoms with van der Waals surface area (Å²) in [6, 6.07) is 13.3. The third-order valence-electron chi connectivity index (χ3n) is 3.46. The van der Waals surface area contributed by atoms with Crippen molar-refractivity contribution in [3.8, 4) is 11.3 Å². The molecule has 3 N–H and O–H groups in total. The Hall–Kier alpha value is -2.47. The molecule has 0 aliphatic carbocycles. The summed E-state index contributed by atoms with van der Waals surface area (Å²) < 4.78 is 0. The fourth-order valence-corrected chi connectivity index (χ4v) is 3.33. The Morgan fingerprint density at radius 1 is 1.23 bits per heavy atom. The molecule has 2 aromatic heterocycles. The van der Waals surface area contributed by atoms with Crippen molar-refractivity contribution < 1.29 is 0 Å². The topological polar surface area (TPSA) is 84.7 Å². The van der Waals surface area contributed by atoms with Crippen LogP contribution in [0.3, 0.4) is 0 Å². The average Bonchev–Trinajstić information content (AvgIpc) is 2.89. The van der Waals surface area contributed by atoms with Crippen molar-refractivity contribution in [1.82, 2.24) is 15.2 Å². The van der Waals surface area contributed by atoms with Crippen LogP contribution in [0.2, 0.25) is 0 Å². The SMILES string of the molecule is CC(Cc1sc(N)nc1-c1ccccc1)c1ccc(=O)[nH]n1. The zero-order valence-electron chi connectivity index (χ0n) is 12.1. The number of hydrogen-bond donors (Lipinski definition) is 2. The number of H-pyrrole nitrogens is 1. The van der Waals surface area contributed by atoms with Gasteiger partial charge in [-0.1, -0.05) is 37.3 Å². The fraction of sp³-hybridized carbons (Fsp3) is 0.188. The maximum atomic E-state index is 11.1. The van der Waals surface area contributed by atoms with E-state index < -0.39 is 0 Å². The van der Waals surface area contributed by atoms with Gasteiger partial charge in [0.05, 0.1) is 11.4 Å². The minimum absolute atomic E-state index is 0.166. The molecule has 0 saturated heterocycles. The van der Waals surface area contributed by atoms with Gasteiger partial charge in [0, 0.05) is 22.4 Å². The average molecular weight is 312 g/mol. The Kier molecular flexibility index (Phi) is 4.02. The number of aromatic nitrogens is 3. The van der Waals surface area contributed by atoms with Crippen LogP contribution < -0.4 is 11.3 Å². The predicted molar refractivity (Wildman–Crippen MR) is 88.9 cm³/mol. The number of nitrogens with two attached hydrogens (primary N) is 1. The van der Waals surface area contributed by atoms with E-state index in [9.17, 15) is 4.79 Å². The summed E-state index contributed by atoms with van der Waals surface area (Å²) in [5.74, 6) is 0.166. The van der Waals surface area contributed by atoms with Crippen molar-refractivity contribution in [2.45, 2.75) is 19.3 Å².